The molecular weight excluding hydrogens is 402 g/mol. The van der Waals surface area contributed by atoms with Crippen LogP contribution >= 0.6 is 11.6 Å². The van der Waals surface area contributed by atoms with Gasteiger partial charge in [0.1, 0.15) is 0 Å². The van der Waals surface area contributed by atoms with Crippen molar-refractivity contribution in [1.29, 1.82) is 0 Å². The minimum atomic E-state index is -3.63. The Balaban J connectivity index is 2.03. The van der Waals surface area contributed by atoms with Crippen molar-refractivity contribution in [3.8, 4) is 0 Å². The zero-order valence-corrected chi connectivity index (χ0v) is 17.3. The average Bonchev–Trinajstić information content (AvgIpc) is 2.62. The minimum Gasteiger partial charge on any atom is -0.332 e. The van der Waals surface area contributed by atoms with Crippen LogP contribution in [0.25, 0.3) is 0 Å². The van der Waals surface area contributed by atoms with Crippen LogP contribution in [0.4, 0.5) is 5.69 Å². The Labute approximate surface area is 169 Å². The molecule has 0 radical (unpaired) electrons. The third-order valence-electron chi connectivity index (χ3n) is 3.68. The highest BCUT2D eigenvalue weighted by molar-refractivity contribution is 7.89. The second-order valence-corrected chi connectivity index (χ2v) is 8.61. The van der Waals surface area contributed by atoms with Gasteiger partial charge in [0.2, 0.25) is 15.9 Å². The molecule has 0 bridgehead atoms. The number of nitrogens with one attached hydrogen (secondary N) is 2. The van der Waals surface area contributed by atoms with E-state index in [4.69, 9.17) is 11.6 Å². The Morgan fingerprint density at radius 1 is 1.07 bits per heavy atom. The van der Waals surface area contributed by atoms with Crippen LogP contribution in [0.2, 0.25) is 5.02 Å². The third-order valence-corrected chi connectivity index (χ3v) is 5.68. The summed E-state index contributed by atoms with van der Waals surface area (Å²) in [7, 11) is -2.15. The first-order valence-corrected chi connectivity index (χ1v) is 10.4. The second kappa shape index (κ2) is 9.18. The van der Waals surface area contributed by atoms with Gasteiger partial charge in [-0.1, -0.05) is 23.7 Å². The summed E-state index contributed by atoms with van der Waals surface area (Å²) in [6.07, 6.45) is 0. The normalized spacial score (nSPS) is 11.3. The zero-order chi connectivity index (χ0) is 20.9. The SMILES string of the molecule is CC(C)NS(=O)(=O)c1ccc(C(=O)N(C)CC(=O)Nc2ccccc2Cl)cc1. The maximum absolute atomic E-state index is 12.5. The molecule has 28 heavy (non-hydrogen) atoms. The summed E-state index contributed by atoms with van der Waals surface area (Å²) in [4.78, 5) is 25.9. The van der Waals surface area contributed by atoms with Crippen LogP contribution in [0.15, 0.2) is 53.4 Å². The van der Waals surface area contributed by atoms with Crippen LogP contribution in [0.3, 0.4) is 0 Å². The molecule has 0 aliphatic carbocycles. The maximum atomic E-state index is 12.5. The Hall–Kier alpha value is -2.42. The number of hydrogen-bond acceptors (Lipinski definition) is 4. The van der Waals surface area contributed by atoms with E-state index in [2.05, 4.69) is 10.0 Å². The molecule has 2 N–H and O–H groups in total. The van der Waals surface area contributed by atoms with E-state index in [-0.39, 0.29) is 23.0 Å². The van der Waals surface area contributed by atoms with E-state index < -0.39 is 21.8 Å². The lowest BCUT2D eigenvalue weighted by atomic mass is 10.2. The standard InChI is InChI=1S/C19H22ClN3O4S/c1-13(2)22-28(26,27)15-10-8-14(9-11-15)19(25)23(3)12-18(24)21-17-7-5-4-6-16(17)20/h4-11,13,22H,12H2,1-3H3,(H,21,24). The minimum absolute atomic E-state index is 0.0665. The molecule has 0 atom stereocenters. The summed E-state index contributed by atoms with van der Waals surface area (Å²) in [6.45, 7) is 3.26. The number of anilines is 1. The van der Waals surface area contributed by atoms with Gasteiger partial charge in [-0.3, -0.25) is 9.59 Å². The highest BCUT2D eigenvalue weighted by Gasteiger charge is 2.18. The highest BCUT2D eigenvalue weighted by Crippen LogP contribution is 2.20. The molecule has 9 heteroatoms. The number of sulfonamides is 1. The zero-order valence-electron chi connectivity index (χ0n) is 15.8. The van der Waals surface area contributed by atoms with Crippen molar-refractivity contribution in [2.24, 2.45) is 0 Å². The van der Waals surface area contributed by atoms with Crippen LogP contribution in [-0.2, 0) is 14.8 Å². The van der Waals surface area contributed by atoms with E-state index in [9.17, 15) is 18.0 Å². The van der Waals surface area contributed by atoms with Gasteiger partial charge in [-0.05, 0) is 50.2 Å². The van der Waals surface area contributed by atoms with E-state index in [1.165, 1.54) is 36.2 Å². The number of rotatable bonds is 7. The fraction of sp³-hybridized carbons (Fsp3) is 0.263. The van der Waals surface area contributed by atoms with Crippen LogP contribution in [-0.4, -0.2) is 44.8 Å². The number of nitrogens with zero attached hydrogens (tertiary/aromatic N) is 1. The first-order chi connectivity index (χ1) is 13.1. The van der Waals surface area contributed by atoms with Crippen LogP contribution in [0, 0.1) is 0 Å². The molecule has 0 saturated heterocycles. The fourth-order valence-electron chi connectivity index (χ4n) is 2.41. The number of amides is 2. The molecule has 0 saturated carbocycles. The predicted octanol–water partition coefficient (Wildman–Crippen LogP) is 2.74. The van der Waals surface area contributed by atoms with E-state index >= 15 is 0 Å². The molecule has 150 valence electrons. The van der Waals surface area contributed by atoms with Crippen molar-refractivity contribution in [2.45, 2.75) is 24.8 Å². The van der Waals surface area contributed by atoms with E-state index in [0.29, 0.717) is 10.7 Å². The van der Waals surface area contributed by atoms with Crippen LogP contribution < -0.4 is 10.0 Å². The van der Waals surface area contributed by atoms with Crippen molar-refractivity contribution in [2.75, 3.05) is 18.9 Å². The van der Waals surface area contributed by atoms with Crippen molar-refractivity contribution >= 4 is 39.1 Å². The average molecular weight is 424 g/mol. The number of para-hydroxylation sites is 1. The molecule has 2 rings (SSSR count). The third kappa shape index (κ3) is 5.79. The monoisotopic (exact) mass is 423 g/mol. The lowest BCUT2D eigenvalue weighted by molar-refractivity contribution is -0.116. The van der Waals surface area contributed by atoms with E-state index in [1.54, 1.807) is 38.1 Å². The molecule has 2 amide bonds. The highest BCUT2D eigenvalue weighted by atomic mass is 35.5. The quantitative estimate of drug-likeness (QED) is 0.715. The topological polar surface area (TPSA) is 95.6 Å². The summed E-state index contributed by atoms with van der Waals surface area (Å²) >= 11 is 6.00. The van der Waals surface area contributed by atoms with Crippen LogP contribution in [0.1, 0.15) is 24.2 Å². The molecule has 0 heterocycles. The van der Waals surface area contributed by atoms with E-state index in [0.717, 1.165) is 0 Å². The van der Waals surface area contributed by atoms with Gasteiger partial charge in [0.15, 0.2) is 0 Å². The van der Waals surface area contributed by atoms with Crippen molar-refractivity contribution in [1.82, 2.24) is 9.62 Å². The van der Waals surface area contributed by atoms with Crippen molar-refractivity contribution in [3.63, 3.8) is 0 Å². The van der Waals surface area contributed by atoms with Gasteiger partial charge in [-0.15, -0.1) is 0 Å². The molecule has 0 aliphatic heterocycles. The Morgan fingerprint density at radius 3 is 2.25 bits per heavy atom. The number of likely N-dealkylation sites (N-methyl/N-ethyl adjacent to an activating group) is 1. The number of hydrogen-bond donors (Lipinski definition) is 2. The largest absolute Gasteiger partial charge is 0.332 e. The summed E-state index contributed by atoms with van der Waals surface area (Å²) < 4.78 is 26.7. The number of carbonyl (C=O) groups is 2. The lowest BCUT2D eigenvalue weighted by Gasteiger charge is -2.17. The predicted molar refractivity (Wildman–Crippen MR) is 109 cm³/mol. The van der Waals surface area contributed by atoms with E-state index in [1.807, 2.05) is 0 Å². The molecular formula is C19H22ClN3O4S. The van der Waals surface area contributed by atoms with Gasteiger partial charge in [-0.25, -0.2) is 13.1 Å². The van der Waals surface area contributed by atoms with Gasteiger partial charge in [0.05, 0.1) is 22.2 Å². The maximum Gasteiger partial charge on any atom is 0.254 e. The Bertz CT molecular complexity index is 959. The van der Waals surface area contributed by atoms with Crippen molar-refractivity contribution in [3.05, 3.63) is 59.1 Å². The fourth-order valence-corrected chi connectivity index (χ4v) is 3.85. The summed E-state index contributed by atoms with van der Waals surface area (Å²) in [5.41, 5.74) is 0.735. The van der Waals surface area contributed by atoms with Crippen LogP contribution in [0.5, 0.6) is 0 Å². The van der Waals surface area contributed by atoms with Crippen molar-refractivity contribution < 1.29 is 18.0 Å². The first kappa shape index (κ1) is 21.9. The second-order valence-electron chi connectivity index (χ2n) is 6.49. The number of halogens is 1. The van der Waals surface area contributed by atoms with Gasteiger partial charge in [-0.2, -0.15) is 0 Å². The number of carbonyl (C=O) groups excluding carboxylic acids is 2. The first-order valence-electron chi connectivity index (χ1n) is 8.52. The Kier molecular flexibility index (Phi) is 7.17. The summed E-state index contributed by atoms with van der Waals surface area (Å²) in [6, 6.07) is 12.1. The Morgan fingerprint density at radius 2 is 1.68 bits per heavy atom. The molecule has 0 aliphatic rings. The summed E-state index contributed by atoms with van der Waals surface area (Å²) in [5, 5.41) is 3.04. The van der Waals surface area contributed by atoms with Gasteiger partial charge < -0.3 is 10.2 Å². The molecule has 2 aromatic carbocycles. The molecule has 7 nitrogen and oxygen atoms in total. The molecule has 0 aromatic heterocycles. The van der Waals surface area contributed by atoms with Gasteiger partial charge in [0.25, 0.3) is 5.91 Å². The lowest BCUT2D eigenvalue weighted by Crippen LogP contribution is -2.35. The van der Waals surface area contributed by atoms with Gasteiger partial charge >= 0.3 is 0 Å². The molecule has 0 unspecified atom stereocenters. The smallest absolute Gasteiger partial charge is 0.254 e. The number of benzene rings is 2. The molecule has 0 spiro atoms. The van der Waals surface area contributed by atoms with Gasteiger partial charge in [0, 0.05) is 18.7 Å². The summed E-state index contributed by atoms with van der Waals surface area (Å²) in [5.74, 6) is -0.806. The molecule has 0 fully saturated rings. The molecule has 2 aromatic rings.